The van der Waals surface area contributed by atoms with Gasteiger partial charge in [0.25, 0.3) is 0 Å². The van der Waals surface area contributed by atoms with E-state index in [0.29, 0.717) is 18.4 Å². The van der Waals surface area contributed by atoms with Gasteiger partial charge in [0, 0.05) is 5.56 Å². The predicted molar refractivity (Wildman–Crippen MR) is 84.2 cm³/mol. The summed E-state index contributed by atoms with van der Waals surface area (Å²) in [6.45, 7) is 1.77. The number of carbonyl (C=O) groups excluding carboxylic acids is 1. The summed E-state index contributed by atoms with van der Waals surface area (Å²) < 4.78 is 14.0. The first kappa shape index (κ1) is 15.2. The third-order valence-corrected chi connectivity index (χ3v) is 4.99. The van der Waals surface area contributed by atoms with Crippen LogP contribution in [0, 0.1) is 5.82 Å². The second-order valence-corrected chi connectivity index (χ2v) is 6.81. The quantitative estimate of drug-likeness (QED) is 0.890. The van der Waals surface area contributed by atoms with E-state index in [1.807, 2.05) is 16.8 Å². The van der Waals surface area contributed by atoms with E-state index < -0.39 is 11.0 Å². The number of hydrogen-bond acceptors (Lipinski definition) is 3. The highest BCUT2D eigenvalue weighted by Gasteiger charge is 2.52. The molecular formula is C17H18FNO2S. The summed E-state index contributed by atoms with van der Waals surface area (Å²) in [5, 5.41) is 17.0. The van der Waals surface area contributed by atoms with E-state index in [2.05, 4.69) is 5.32 Å². The molecule has 0 radical (unpaired) electrons. The van der Waals surface area contributed by atoms with Crippen LogP contribution in [0.15, 0.2) is 41.1 Å². The monoisotopic (exact) mass is 319 g/mol. The minimum atomic E-state index is -1.12. The molecule has 1 fully saturated rings. The van der Waals surface area contributed by atoms with Gasteiger partial charge in [-0.05, 0) is 48.2 Å². The van der Waals surface area contributed by atoms with Crippen molar-refractivity contribution >= 4 is 17.2 Å². The molecule has 0 aliphatic heterocycles. The van der Waals surface area contributed by atoms with Crippen molar-refractivity contribution < 1.29 is 14.3 Å². The maximum atomic E-state index is 14.0. The van der Waals surface area contributed by atoms with Gasteiger partial charge in [-0.25, -0.2) is 4.39 Å². The molecule has 3 rings (SSSR count). The fraction of sp³-hybridized carbons (Fsp3) is 0.353. The van der Waals surface area contributed by atoms with Crippen molar-refractivity contribution in [3.63, 3.8) is 0 Å². The molecule has 1 aromatic carbocycles. The van der Waals surface area contributed by atoms with Crippen molar-refractivity contribution in [1.82, 2.24) is 5.32 Å². The van der Waals surface area contributed by atoms with Crippen LogP contribution in [-0.4, -0.2) is 17.6 Å². The number of nitrogens with one attached hydrogen (secondary N) is 1. The van der Waals surface area contributed by atoms with Crippen LogP contribution in [0.1, 0.15) is 30.9 Å². The third-order valence-electron chi connectivity index (χ3n) is 4.31. The normalized spacial score (nSPS) is 18.5. The van der Waals surface area contributed by atoms with Crippen LogP contribution in [-0.2, 0) is 15.8 Å². The molecule has 1 aliphatic rings. The van der Waals surface area contributed by atoms with Crippen molar-refractivity contribution in [3.05, 3.63) is 58.0 Å². The molecule has 5 heteroatoms. The van der Waals surface area contributed by atoms with E-state index in [-0.39, 0.29) is 18.3 Å². The third kappa shape index (κ3) is 2.66. The summed E-state index contributed by atoms with van der Waals surface area (Å²) in [5.41, 5.74) is -0.673. The summed E-state index contributed by atoms with van der Waals surface area (Å²) >= 11 is 1.50. The number of carbonyl (C=O) groups is 1. The molecule has 0 spiro atoms. The Morgan fingerprint density at radius 1 is 1.41 bits per heavy atom. The Morgan fingerprint density at radius 2 is 2.14 bits per heavy atom. The number of hydrogen-bond donors (Lipinski definition) is 2. The average Bonchev–Trinajstić information content (AvgIpc) is 3.10. The van der Waals surface area contributed by atoms with E-state index in [1.54, 1.807) is 25.1 Å². The standard InChI is InChI=1S/C17H18FNO2S/c1-16(21,12-6-9-22-10-12)11-19-15(20)17(7-8-17)13-4-2-3-5-14(13)18/h2-6,9-10,21H,7-8,11H2,1H3,(H,19,20). The largest absolute Gasteiger partial charge is 0.384 e. The van der Waals surface area contributed by atoms with Crippen molar-refractivity contribution in [2.45, 2.75) is 30.8 Å². The SMILES string of the molecule is CC(O)(CNC(=O)C1(c2ccccc2F)CC1)c1ccsc1. The highest BCUT2D eigenvalue weighted by Crippen LogP contribution is 2.49. The maximum absolute atomic E-state index is 14.0. The molecule has 1 unspecified atom stereocenters. The van der Waals surface area contributed by atoms with Gasteiger partial charge in [0.15, 0.2) is 0 Å². The van der Waals surface area contributed by atoms with Crippen LogP contribution in [0.2, 0.25) is 0 Å². The Bertz CT molecular complexity index is 678. The van der Waals surface area contributed by atoms with Crippen molar-refractivity contribution in [1.29, 1.82) is 0 Å². The number of thiophene rings is 1. The first-order chi connectivity index (χ1) is 10.5. The molecule has 1 aromatic heterocycles. The molecule has 3 nitrogen and oxygen atoms in total. The summed E-state index contributed by atoms with van der Waals surface area (Å²) in [6.07, 6.45) is 1.28. The lowest BCUT2D eigenvalue weighted by Gasteiger charge is -2.25. The van der Waals surface area contributed by atoms with Crippen LogP contribution in [0.3, 0.4) is 0 Å². The summed E-state index contributed by atoms with van der Waals surface area (Å²) in [6, 6.07) is 8.24. The van der Waals surface area contributed by atoms with E-state index in [0.717, 1.165) is 5.56 Å². The van der Waals surface area contributed by atoms with E-state index in [4.69, 9.17) is 0 Å². The van der Waals surface area contributed by atoms with Gasteiger partial charge in [-0.15, -0.1) is 0 Å². The van der Waals surface area contributed by atoms with E-state index in [1.165, 1.54) is 17.4 Å². The molecule has 116 valence electrons. The maximum Gasteiger partial charge on any atom is 0.230 e. The van der Waals surface area contributed by atoms with Crippen LogP contribution in [0.4, 0.5) is 4.39 Å². The summed E-state index contributed by atoms with van der Waals surface area (Å²) in [5.74, 6) is -0.562. The highest BCUT2D eigenvalue weighted by molar-refractivity contribution is 7.08. The van der Waals surface area contributed by atoms with Crippen LogP contribution in [0.25, 0.3) is 0 Å². The Hall–Kier alpha value is -1.72. The van der Waals surface area contributed by atoms with Crippen molar-refractivity contribution in [3.8, 4) is 0 Å². The van der Waals surface area contributed by atoms with Gasteiger partial charge >= 0.3 is 0 Å². The van der Waals surface area contributed by atoms with Crippen molar-refractivity contribution in [2.24, 2.45) is 0 Å². The Balaban J connectivity index is 1.72. The zero-order chi connectivity index (χ0) is 15.8. The van der Waals surface area contributed by atoms with Gasteiger partial charge < -0.3 is 10.4 Å². The fourth-order valence-electron chi connectivity index (χ4n) is 2.69. The van der Waals surface area contributed by atoms with Crippen molar-refractivity contribution in [2.75, 3.05) is 6.54 Å². The first-order valence-corrected chi connectivity index (χ1v) is 8.18. The lowest BCUT2D eigenvalue weighted by atomic mass is 9.93. The second kappa shape index (κ2) is 5.48. The van der Waals surface area contributed by atoms with Gasteiger partial charge in [0.2, 0.25) is 5.91 Å². The molecule has 1 aliphatic carbocycles. The van der Waals surface area contributed by atoms with E-state index in [9.17, 15) is 14.3 Å². The van der Waals surface area contributed by atoms with Gasteiger partial charge in [0.1, 0.15) is 11.4 Å². The summed E-state index contributed by atoms with van der Waals surface area (Å²) in [7, 11) is 0. The zero-order valence-corrected chi connectivity index (χ0v) is 13.1. The Kier molecular flexibility index (Phi) is 3.78. The van der Waals surface area contributed by atoms with Crippen LogP contribution < -0.4 is 5.32 Å². The molecule has 2 aromatic rings. The van der Waals surface area contributed by atoms with Gasteiger partial charge in [-0.1, -0.05) is 18.2 Å². The number of aliphatic hydroxyl groups is 1. The zero-order valence-electron chi connectivity index (χ0n) is 12.3. The van der Waals surface area contributed by atoms with Gasteiger partial charge in [-0.3, -0.25) is 4.79 Å². The van der Waals surface area contributed by atoms with E-state index >= 15 is 0 Å². The number of halogens is 1. The van der Waals surface area contributed by atoms with Crippen LogP contribution >= 0.6 is 11.3 Å². The van der Waals surface area contributed by atoms with Gasteiger partial charge in [-0.2, -0.15) is 11.3 Å². The molecule has 0 saturated heterocycles. The molecular weight excluding hydrogens is 301 g/mol. The minimum Gasteiger partial charge on any atom is -0.384 e. The molecule has 1 heterocycles. The molecule has 2 N–H and O–H groups in total. The Labute approximate surface area is 132 Å². The number of amides is 1. The molecule has 22 heavy (non-hydrogen) atoms. The average molecular weight is 319 g/mol. The Morgan fingerprint density at radius 3 is 2.73 bits per heavy atom. The molecule has 1 atom stereocenters. The molecule has 1 saturated carbocycles. The topological polar surface area (TPSA) is 49.3 Å². The van der Waals surface area contributed by atoms with Crippen LogP contribution in [0.5, 0.6) is 0 Å². The smallest absolute Gasteiger partial charge is 0.230 e. The first-order valence-electron chi connectivity index (χ1n) is 7.24. The van der Waals surface area contributed by atoms with Gasteiger partial charge in [0.05, 0.1) is 12.0 Å². The second-order valence-electron chi connectivity index (χ2n) is 6.03. The molecule has 1 amide bonds. The number of benzene rings is 1. The highest BCUT2D eigenvalue weighted by atomic mass is 32.1. The fourth-order valence-corrected chi connectivity index (χ4v) is 3.47. The number of rotatable bonds is 5. The lowest BCUT2D eigenvalue weighted by molar-refractivity contribution is -0.124. The summed E-state index contributed by atoms with van der Waals surface area (Å²) in [4.78, 5) is 12.5. The lowest BCUT2D eigenvalue weighted by Crippen LogP contribution is -2.43. The predicted octanol–water partition coefficient (Wildman–Crippen LogP) is 2.94. The minimum absolute atomic E-state index is 0.110. The molecule has 0 bridgehead atoms.